The number of nitrogens with zero attached hydrogens (tertiary/aromatic N) is 5. The van der Waals surface area contributed by atoms with E-state index in [2.05, 4.69) is 26.0 Å². The first-order chi connectivity index (χ1) is 13.2. The minimum Gasteiger partial charge on any atom is -0.451 e. The van der Waals surface area contributed by atoms with Gasteiger partial charge in [0.15, 0.2) is 12.1 Å². The highest BCUT2D eigenvalue weighted by Gasteiger charge is 2.39. The maximum atomic E-state index is 14.7. The maximum Gasteiger partial charge on any atom is 0.269 e. The van der Waals surface area contributed by atoms with E-state index >= 15 is 0 Å². The Hall–Kier alpha value is -3.21. The molecule has 146 valence electrons. The van der Waals surface area contributed by atoms with Crippen molar-refractivity contribution in [2.75, 3.05) is 12.8 Å². The monoisotopic (exact) mass is 404 g/mol. The average molecular weight is 404 g/mol. The predicted octanol–water partition coefficient (Wildman–Crippen LogP) is 1.64. The smallest absolute Gasteiger partial charge is 0.269 e. The number of halogens is 1. The second kappa shape index (κ2) is 6.16. The van der Waals surface area contributed by atoms with Gasteiger partial charge in [-0.15, -0.1) is 10.2 Å². The van der Waals surface area contributed by atoms with Crippen LogP contribution >= 0.6 is 0 Å². The van der Waals surface area contributed by atoms with Crippen LogP contribution in [0.25, 0.3) is 23.0 Å². The van der Waals surface area contributed by atoms with E-state index in [1.807, 2.05) is 0 Å². The lowest BCUT2D eigenvalue weighted by atomic mass is 9.92. The fraction of sp³-hybridized carbons (Fsp3) is 0.235. The van der Waals surface area contributed by atoms with Gasteiger partial charge in [-0.1, -0.05) is 0 Å². The van der Waals surface area contributed by atoms with E-state index in [4.69, 9.17) is 14.6 Å². The maximum absolute atomic E-state index is 14.7. The molecule has 0 saturated heterocycles. The first-order valence-corrected chi connectivity index (χ1v) is 10.0. The standard InChI is InChI=1S/C17H17FN6O3S/c1-17(8-28(3,25)24(2)16(19)21-17)11-6-10(4-5-12(11)18)14-22-23-15(27-14)13-7-26-9-20-13/h4-7,9H,3,8H2,1-2H3,(H2,19,21)/t17-,28?/m0/s1. The molecule has 2 atom stereocenters. The number of benzene rings is 1. The molecule has 0 amide bonds. The summed E-state index contributed by atoms with van der Waals surface area (Å²) in [5, 5.41) is 7.90. The van der Waals surface area contributed by atoms with Crippen LogP contribution in [0.15, 0.2) is 44.7 Å². The van der Waals surface area contributed by atoms with Crippen molar-refractivity contribution >= 4 is 21.5 Å². The van der Waals surface area contributed by atoms with Crippen LogP contribution in [0.3, 0.4) is 0 Å². The zero-order valence-corrected chi connectivity index (χ0v) is 15.9. The number of hydrogen-bond acceptors (Lipinski definition) is 8. The van der Waals surface area contributed by atoms with Gasteiger partial charge >= 0.3 is 0 Å². The van der Waals surface area contributed by atoms with Gasteiger partial charge in [-0.3, -0.25) is 4.31 Å². The molecule has 0 aliphatic carbocycles. The third-order valence-corrected chi connectivity index (χ3v) is 6.76. The summed E-state index contributed by atoms with van der Waals surface area (Å²) >= 11 is 0. The highest BCUT2D eigenvalue weighted by Crippen LogP contribution is 2.35. The first-order valence-electron chi connectivity index (χ1n) is 8.16. The lowest BCUT2D eigenvalue weighted by molar-refractivity contribution is 0.481. The first kappa shape index (κ1) is 18.2. The molecule has 28 heavy (non-hydrogen) atoms. The quantitative estimate of drug-likeness (QED) is 0.658. The number of hydrogen-bond donors (Lipinski definition) is 1. The van der Waals surface area contributed by atoms with Crippen molar-refractivity contribution in [3.8, 4) is 23.0 Å². The average Bonchev–Trinajstić information content (AvgIpc) is 3.31. The molecule has 0 bridgehead atoms. The number of aromatic nitrogens is 3. The number of nitrogens with two attached hydrogens (primary N) is 1. The molecule has 0 saturated carbocycles. The summed E-state index contributed by atoms with van der Waals surface area (Å²) in [4.78, 5) is 8.32. The van der Waals surface area contributed by atoms with Crippen LogP contribution in [0, 0.1) is 5.82 Å². The van der Waals surface area contributed by atoms with Crippen molar-refractivity contribution < 1.29 is 17.4 Å². The van der Waals surface area contributed by atoms with E-state index in [0.717, 1.165) is 0 Å². The summed E-state index contributed by atoms with van der Waals surface area (Å²) in [5.41, 5.74) is 5.81. The second-order valence-corrected chi connectivity index (χ2v) is 9.02. The highest BCUT2D eigenvalue weighted by molar-refractivity contribution is 7.98. The molecular formula is C17H17FN6O3S. The van der Waals surface area contributed by atoms with Crippen LogP contribution in [0.4, 0.5) is 4.39 Å². The van der Waals surface area contributed by atoms with E-state index in [1.165, 1.54) is 35.2 Å². The second-order valence-electron chi connectivity index (χ2n) is 6.64. The number of guanidine groups is 1. The molecule has 0 radical (unpaired) electrons. The number of rotatable bonds is 3. The molecule has 2 aromatic heterocycles. The van der Waals surface area contributed by atoms with Gasteiger partial charge in [0.05, 0.1) is 15.5 Å². The van der Waals surface area contributed by atoms with Gasteiger partial charge in [0.2, 0.25) is 11.9 Å². The molecule has 1 aromatic carbocycles. The summed E-state index contributed by atoms with van der Waals surface area (Å²) in [6.07, 6.45) is 2.62. The van der Waals surface area contributed by atoms with Gasteiger partial charge < -0.3 is 14.6 Å². The Kier molecular flexibility index (Phi) is 4.00. The summed E-state index contributed by atoms with van der Waals surface area (Å²) in [6.45, 7) is 1.66. The van der Waals surface area contributed by atoms with Crippen molar-refractivity contribution in [1.29, 1.82) is 0 Å². The van der Waals surface area contributed by atoms with Gasteiger partial charge in [0, 0.05) is 18.2 Å². The minimum absolute atomic E-state index is 0.00555. The third kappa shape index (κ3) is 2.93. The molecule has 11 heteroatoms. The molecule has 1 unspecified atom stereocenters. The van der Waals surface area contributed by atoms with Gasteiger partial charge in [0.25, 0.3) is 5.89 Å². The zero-order valence-electron chi connectivity index (χ0n) is 15.1. The van der Waals surface area contributed by atoms with E-state index in [-0.39, 0.29) is 29.1 Å². The number of aliphatic imine (C=N–C) groups is 1. The van der Waals surface area contributed by atoms with Crippen LogP contribution in [0.5, 0.6) is 0 Å². The van der Waals surface area contributed by atoms with E-state index in [0.29, 0.717) is 11.3 Å². The molecule has 4 rings (SSSR count). The van der Waals surface area contributed by atoms with Crippen molar-refractivity contribution in [2.24, 2.45) is 10.7 Å². The SMILES string of the molecule is C=S1(=O)C[C@@](C)(c2cc(-c3nnc(-c4cocn4)o3)ccc2F)N=C(N)N1C. The van der Waals surface area contributed by atoms with Crippen LogP contribution in [-0.4, -0.2) is 48.3 Å². The third-order valence-electron chi connectivity index (χ3n) is 4.56. The van der Waals surface area contributed by atoms with Crippen LogP contribution < -0.4 is 5.73 Å². The Morgan fingerprint density at radius 1 is 1.36 bits per heavy atom. The Morgan fingerprint density at radius 2 is 2.11 bits per heavy atom. The number of oxazole rings is 1. The van der Waals surface area contributed by atoms with Crippen LogP contribution in [0.2, 0.25) is 0 Å². The fourth-order valence-electron chi connectivity index (χ4n) is 3.03. The summed E-state index contributed by atoms with van der Waals surface area (Å²) in [6, 6.07) is 4.31. The van der Waals surface area contributed by atoms with Gasteiger partial charge in [-0.25, -0.2) is 18.6 Å². The fourth-order valence-corrected chi connectivity index (χ4v) is 4.71. The molecule has 0 fully saturated rings. The van der Waals surface area contributed by atoms with Crippen molar-refractivity contribution in [3.05, 3.63) is 42.2 Å². The Labute approximate surface area is 160 Å². The normalized spacial score (nSPS) is 25.0. The van der Waals surface area contributed by atoms with Crippen molar-refractivity contribution in [1.82, 2.24) is 19.5 Å². The van der Waals surface area contributed by atoms with E-state index in [9.17, 15) is 8.60 Å². The van der Waals surface area contributed by atoms with Gasteiger partial charge in [0.1, 0.15) is 17.6 Å². The molecule has 3 heterocycles. The Bertz CT molecular complexity index is 1170. The molecule has 0 spiro atoms. The van der Waals surface area contributed by atoms with Crippen LogP contribution in [0.1, 0.15) is 12.5 Å². The Balaban J connectivity index is 1.78. The summed E-state index contributed by atoms with van der Waals surface area (Å²) in [5.74, 6) is 3.60. The molecule has 1 aliphatic rings. The largest absolute Gasteiger partial charge is 0.451 e. The predicted molar refractivity (Wildman–Crippen MR) is 102 cm³/mol. The molecular weight excluding hydrogens is 387 g/mol. The van der Waals surface area contributed by atoms with Crippen LogP contribution in [-0.2, 0) is 15.2 Å². The van der Waals surface area contributed by atoms with Gasteiger partial charge in [-0.2, -0.15) is 0 Å². The lowest BCUT2D eigenvalue weighted by Crippen LogP contribution is -2.50. The van der Waals surface area contributed by atoms with Crippen molar-refractivity contribution in [2.45, 2.75) is 12.5 Å². The minimum atomic E-state index is -2.75. The highest BCUT2D eigenvalue weighted by atomic mass is 32.2. The molecule has 2 N–H and O–H groups in total. The topological polar surface area (TPSA) is 124 Å². The van der Waals surface area contributed by atoms with E-state index < -0.39 is 21.1 Å². The van der Waals surface area contributed by atoms with Gasteiger partial charge in [-0.05, 0) is 31.0 Å². The van der Waals surface area contributed by atoms with E-state index in [1.54, 1.807) is 14.0 Å². The summed E-state index contributed by atoms with van der Waals surface area (Å²) in [7, 11) is -1.20. The molecule has 9 nitrogen and oxygen atoms in total. The molecule has 1 aliphatic heterocycles. The molecule has 3 aromatic rings. The Morgan fingerprint density at radius 3 is 2.79 bits per heavy atom. The lowest BCUT2D eigenvalue weighted by Gasteiger charge is -2.37. The van der Waals surface area contributed by atoms with Crippen molar-refractivity contribution in [3.63, 3.8) is 0 Å². The summed E-state index contributed by atoms with van der Waals surface area (Å²) < 4.78 is 39.3. The zero-order chi connectivity index (χ0) is 20.1.